The van der Waals surface area contributed by atoms with Crippen molar-refractivity contribution >= 4 is 5.91 Å². The summed E-state index contributed by atoms with van der Waals surface area (Å²) in [6.45, 7) is 7.35. The molecule has 1 aromatic heterocycles. The maximum Gasteiger partial charge on any atom is 0.216 e. The Morgan fingerprint density at radius 1 is 1.33 bits per heavy atom. The summed E-state index contributed by atoms with van der Waals surface area (Å²) < 4.78 is 0. The molecule has 2 aromatic rings. The normalized spacial score (nSPS) is 17.8. The standard InChI is InChI=1S/C19H24N4O/c1-14-4-3-5-18(8-14)19-21-10-17(11-22-19)13-23-7-6-16(12-23)9-20-15(2)24/h3-5,8,10-11,16H,6-7,9,12-13H2,1-2H3,(H,20,24)/t16-/m1/s1. The van der Waals surface area contributed by atoms with Gasteiger partial charge in [-0.1, -0.05) is 23.8 Å². The van der Waals surface area contributed by atoms with E-state index in [1.807, 2.05) is 24.5 Å². The number of nitrogens with zero attached hydrogens (tertiary/aromatic N) is 3. The van der Waals surface area contributed by atoms with Crippen molar-refractivity contribution in [2.75, 3.05) is 19.6 Å². The largest absolute Gasteiger partial charge is 0.356 e. The topological polar surface area (TPSA) is 58.1 Å². The number of carbonyl (C=O) groups is 1. The molecule has 1 aromatic carbocycles. The molecule has 1 amide bonds. The van der Waals surface area contributed by atoms with Gasteiger partial charge in [0, 0.05) is 50.1 Å². The first-order valence-electron chi connectivity index (χ1n) is 8.45. The number of benzene rings is 1. The molecule has 3 rings (SSSR count). The molecule has 0 aliphatic carbocycles. The minimum Gasteiger partial charge on any atom is -0.356 e. The molecule has 0 saturated carbocycles. The van der Waals surface area contributed by atoms with E-state index < -0.39 is 0 Å². The van der Waals surface area contributed by atoms with Crippen LogP contribution < -0.4 is 5.32 Å². The van der Waals surface area contributed by atoms with Crippen LogP contribution in [0.25, 0.3) is 11.4 Å². The third kappa shape index (κ3) is 4.38. The van der Waals surface area contributed by atoms with Crippen molar-refractivity contribution in [1.29, 1.82) is 0 Å². The summed E-state index contributed by atoms with van der Waals surface area (Å²) in [6.07, 6.45) is 4.97. The summed E-state index contributed by atoms with van der Waals surface area (Å²) in [7, 11) is 0. The number of rotatable bonds is 5. The van der Waals surface area contributed by atoms with Gasteiger partial charge < -0.3 is 5.32 Å². The molecule has 1 N–H and O–H groups in total. The monoisotopic (exact) mass is 324 g/mol. The first-order chi connectivity index (χ1) is 11.6. The van der Waals surface area contributed by atoms with E-state index in [4.69, 9.17) is 0 Å². The Hall–Kier alpha value is -2.27. The Bertz CT molecular complexity index is 699. The second kappa shape index (κ2) is 7.53. The molecule has 5 nitrogen and oxygen atoms in total. The lowest BCUT2D eigenvalue weighted by atomic mass is 10.1. The van der Waals surface area contributed by atoms with Gasteiger partial charge in [-0.25, -0.2) is 9.97 Å². The van der Waals surface area contributed by atoms with Gasteiger partial charge in [0.15, 0.2) is 5.82 Å². The summed E-state index contributed by atoms with van der Waals surface area (Å²) in [4.78, 5) is 22.4. The van der Waals surface area contributed by atoms with Crippen LogP contribution in [0.5, 0.6) is 0 Å². The number of hydrogen-bond acceptors (Lipinski definition) is 4. The van der Waals surface area contributed by atoms with E-state index in [1.165, 1.54) is 5.56 Å². The van der Waals surface area contributed by atoms with E-state index in [0.717, 1.165) is 49.6 Å². The van der Waals surface area contributed by atoms with Gasteiger partial charge in [-0.05, 0) is 31.9 Å². The molecule has 0 unspecified atom stereocenters. The van der Waals surface area contributed by atoms with Gasteiger partial charge in [0.2, 0.25) is 5.91 Å². The molecule has 1 aliphatic heterocycles. The zero-order valence-electron chi connectivity index (χ0n) is 14.3. The van der Waals surface area contributed by atoms with Crippen LogP contribution in [0.4, 0.5) is 0 Å². The lowest BCUT2D eigenvalue weighted by Crippen LogP contribution is -2.29. The number of amides is 1. The summed E-state index contributed by atoms with van der Waals surface area (Å²) in [5, 5.41) is 2.91. The second-order valence-corrected chi connectivity index (χ2v) is 6.61. The zero-order chi connectivity index (χ0) is 16.9. The van der Waals surface area contributed by atoms with E-state index in [9.17, 15) is 4.79 Å². The van der Waals surface area contributed by atoms with Crippen molar-refractivity contribution in [1.82, 2.24) is 20.2 Å². The van der Waals surface area contributed by atoms with Gasteiger partial charge in [-0.2, -0.15) is 0 Å². The molecule has 1 aliphatic rings. The van der Waals surface area contributed by atoms with Crippen LogP contribution in [-0.4, -0.2) is 40.4 Å². The third-order valence-corrected chi connectivity index (χ3v) is 4.40. The summed E-state index contributed by atoms with van der Waals surface area (Å²) >= 11 is 0. The maximum absolute atomic E-state index is 11.0. The van der Waals surface area contributed by atoms with Crippen LogP contribution >= 0.6 is 0 Å². The van der Waals surface area contributed by atoms with Gasteiger partial charge in [0.1, 0.15) is 0 Å². The first kappa shape index (κ1) is 16.6. The van der Waals surface area contributed by atoms with Gasteiger partial charge in [0.25, 0.3) is 0 Å². The third-order valence-electron chi connectivity index (χ3n) is 4.40. The van der Waals surface area contributed by atoms with Crippen molar-refractivity contribution in [2.24, 2.45) is 5.92 Å². The average Bonchev–Trinajstić information content (AvgIpc) is 3.01. The number of carbonyl (C=O) groups excluding carboxylic acids is 1. The van der Waals surface area contributed by atoms with Crippen LogP contribution in [0.1, 0.15) is 24.5 Å². The molecule has 0 spiro atoms. The van der Waals surface area contributed by atoms with Crippen molar-refractivity contribution in [2.45, 2.75) is 26.8 Å². The van der Waals surface area contributed by atoms with Crippen LogP contribution in [0, 0.1) is 12.8 Å². The average molecular weight is 324 g/mol. The Morgan fingerprint density at radius 2 is 2.12 bits per heavy atom. The molecular weight excluding hydrogens is 300 g/mol. The van der Waals surface area contributed by atoms with E-state index in [-0.39, 0.29) is 5.91 Å². The van der Waals surface area contributed by atoms with Crippen molar-refractivity contribution in [3.8, 4) is 11.4 Å². The predicted octanol–water partition coefficient (Wildman–Crippen LogP) is 2.41. The van der Waals surface area contributed by atoms with Gasteiger partial charge in [-0.15, -0.1) is 0 Å². The number of aryl methyl sites for hydroxylation is 1. The Morgan fingerprint density at radius 3 is 2.83 bits per heavy atom. The van der Waals surface area contributed by atoms with E-state index in [1.54, 1.807) is 6.92 Å². The highest BCUT2D eigenvalue weighted by Gasteiger charge is 2.22. The van der Waals surface area contributed by atoms with E-state index in [0.29, 0.717) is 5.92 Å². The molecule has 1 fully saturated rings. The second-order valence-electron chi connectivity index (χ2n) is 6.61. The number of aromatic nitrogens is 2. The fourth-order valence-electron chi connectivity index (χ4n) is 3.14. The zero-order valence-corrected chi connectivity index (χ0v) is 14.3. The minimum absolute atomic E-state index is 0.0496. The van der Waals surface area contributed by atoms with Crippen molar-refractivity contribution in [3.63, 3.8) is 0 Å². The summed E-state index contributed by atoms with van der Waals surface area (Å²) in [5.41, 5.74) is 3.40. The number of hydrogen-bond donors (Lipinski definition) is 1. The maximum atomic E-state index is 11.0. The quantitative estimate of drug-likeness (QED) is 0.917. The highest BCUT2D eigenvalue weighted by atomic mass is 16.1. The molecule has 1 atom stereocenters. The fourth-order valence-corrected chi connectivity index (χ4v) is 3.14. The van der Waals surface area contributed by atoms with Crippen molar-refractivity contribution in [3.05, 3.63) is 47.8 Å². The molecule has 24 heavy (non-hydrogen) atoms. The van der Waals surface area contributed by atoms with E-state index >= 15 is 0 Å². The smallest absolute Gasteiger partial charge is 0.216 e. The summed E-state index contributed by atoms with van der Waals surface area (Å²) in [5.74, 6) is 1.36. The number of likely N-dealkylation sites (tertiary alicyclic amines) is 1. The molecule has 1 saturated heterocycles. The van der Waals surface area contributed by atoms with Gasteiger partial charge in [0.05, 0.1) is 0 Å². The van der Waals surface area contributed by atoms with Crippen molar-refractivity contribution < 1.29 is 4.79 Å². The van der Waals surface area contributed by atoms with Crippen LogP contribution in [0.3, 0.4) is 0 Å². The summed E-state index contributed by atoms with van der Waals surface area (Å²) in [6, 6.07) is 8.24. The molecular formula is C19H24N4O. The highest BCUT2D eigenvalue weighted by Crippen LogP contribution is 2.19. The van der Waals surface area contributed by atoms with Crippen LogP contribution in [0.15, 0.2) is 36.7 Å². The fraction of sp³-hybridized carbons (Fsp3) is 0.421. The molecule has 0 radical (unpaired) electrons. The molecule has 2 heterocycles. The predicted molar refractivity (Wildman–Crippen MR) is 94.3 cm³/mol. The van der Waals surface area contributed by atoms with Gasteiger partial charge >= 0.3 is 0 Å². The molecule has 0 bridgehead atoms. The number of nitrogens with one attached hydrogen (secondary N) is 1. The molecule has 5 heteroatoms. The van der Waals surface area contributed by atoms with Crippen LogP contribution in [-0.2, 0) is 11.3 Å². The Balaban J connectivity index is 1.56. The SMILES string of the molecule is CC(=O)NC[C@H]1CCN(Cc2cnc(-c3cccc(C)c3)nc2)C1. The van der Waals surface area contributed by atoms with Crippen LogP contribution in [0.2, 0.25) is 0 Å². The lowest BCUT2D eigenvalue weighted by molar-refractivity contribution is -0.119. The Kier molecular flexibility index (Phi) is 5.20. The van der Waals surface area contributed by atoms with E-state index in [2.05, 4.69) is 39.2 Å². The minimum atomic E-state index is 0.0496. The Labute approximate surface area is 143 Å². The lowest BCUT2D eigenvalue weighted by Gasteiger charge is -2.16. The molecule has 126 valence electrons. The van der Waals surface area contributed by atoms with Gasteiger partial charge in [-0.3, -0.25) is 9.69 Å². The highest BCUT2D eigenvalue weighted by molar-refractivity contribution is 5.72. The first-order valence-corrected chi connectivity index (χ1v) is 8.45.